The van der Waals surface area contributed by atoms with Gasteiger partial charge in [-0.15, -0.1) is 0 Å². The van der Waals surface area contributed by atoms with Crippen molar-refractivity contribution in [2.24, 2.45) is 0 Å². The van der Waals surface area contributed by atoms with E-state index in [9.17, 15) is 18.0 Å². The zero-order valence-electron chi connectivity index (χ0n) is 14.4. The van der Waals surface area contributed by atoms with Gasteiger partial charge in [0, 0.05) is 12.0 Å². The van der Waals surface area contributed by atoms with Crippen molar-refractivity contribution in [2.45, 2.75) is 31.7 Å². The normalized spacial score (nSPS) is 18.0. The van der Waals surface area contributed by atoms with Gasteiger partial charge in [0.2, 0.25) is 0 Å². The molecule has 1 unspecified atom stereocenters. The zero-order valence-corrected chi connectivity index (χ0v) is 14.4. The van der Waals surface area contributed by atoms with Crippen molar-refractivity contribution < 1.29 is 22.7 Å². The van der Waals surface area contributed by atoms with Crippen LogP contribution in [0.3, 0.4) is 0 Å². The van der Waals surface area contributed by atoms with Crippen LogP contribution >= 0.6 is 0 Å². The summed E-state index contributed by atoms with van der Waals surface area (Å²) in [5.74, 6) is 0. The summed E-state index contributed by atoms with van der Waals surface area (Å²) in [6.45, 7) is 0.644. The molecule has 0 amide bonds. The van der Waals surface area contributed by atoms with E-state index in [0.717, 1.165) is 36.9 Å². The first-order valence-corrected chi connectivity index (χ1v) is 8.74. The molecule has 4 rings (SSSR count). The van der Waals surface area contributed by atoms with E-state index in [0.29, 0.717) is 29.4 Å². The first kappa shape index (κ1) is 17.7. The number of rotatable bonds is 3. The quantitative estimate of drug-likeness (QED) is 0.590. The predicted molar refractivity (Wildman–Crippen MR) is 94.4 cm³/mol. The van der Waals surface area contributed by atoms with E-state index in [1.807, 2.05) is 0 Å². The molecule has 1 fully saturated rings. The summed E-state index contributed by atoms with van der Waals surface area (Å²) in [7, 11) is 0. The molecule has 0 radical (unpaired) electrons. The van der Waals surface area contributed by atoms with Crippen molar-refractivity contribution in [1.29, 1.82) is 0 Å². The number of hydrogen-bond donors (Lipinski definition) is 0. The van der Waals surface area contributed by atoms with E-state index in [2.05, 4.69) is 5.10 Å². The van der Waals surface area contributed by atoms with E-state index in [1.54, 1.807) is 28.9 Å². The van der Waals surface area contributed by atoms with Crippen LogP contribution in [0.4, 0.5) is 13.2 Å². The number of halogens is 3. The van der Waals surface area contributed by atoms with Crippen molar-refractivity contribution in [3.05, 3.63) is 53.7 Å². The van der Waals surface area contributed by atoms with E-state index >= 15 is 0 Å². The first-order valence-electron chi connectivity index (χ1n) is 8.74. The molecule has 1 aromatic heterocycles. The number of ether oxygens (including phenoxy) is 1. The van der Waals surface area contributed by atoms with Crippen LogP contribution in [0.2, 0.25) is 0 Å². The van der Waals surface area contributed by atoms with E-state index < -0.39 is 11.7 Å². The second-order valence-electron chi connectivity index (χ2n) is 6.58. The minimum absolute atomic E-state index is 0.227. The number of aldehydes is 1. The topological polar surface area (TPSA) is 44.1 Å². The van der Waals surface area contributed by atoms with Crippen molar-refractivity contribution in [1.82, 2.24) is 9.78 Å². The Morgan fingerprint density at radius 3 is 2.63 bits per heavy atom. The molecule has 7 heteroatoms. The van der Waals surface area contributed by atoms with Gasteiger partial charge in [-0.05, 0) is 54.7 Å². The third kappa shape index (κ3) is 3.35. The molecule has 4 nitrogen and oxygen atoms in total. The fourth-order valence-electron chi connectivity index (χ4n) is 3.44. The number of benzene rings is 2. The number of carbonyl (C=O) groups is 1. The number of hydrogen-bond acceptors (Lipinski definition) is 3. The molecule has 2 heterocycles. The molecule has 0 saturated carbocycles. The molecule has 27 heavy (non-hydrogen) atoms. The standard InChI is InChI=1S/C20H17F3N2O2/c21-20(22,23)15-5-3-4-13(10-15)14-7-8-18-16(11-14)17(12-26)24-25(18)19-6-1-2-9-27-19/h3-5,7-8,10-12,19H,1-2,6,9H2. The molecule has 1 saturated heterocycles. The number of aromatic nitrogens is 2. The fourth-order valence-corrected chi connectivity index (χ4v) is 3.44. The molecule has 140 valence electrons. The van der Waals surface area contributed by atoms with Gasteiger partial charge in [-0.25, -0.2) is 4.68 Å². The molecule has 2 aromatic carbocycles. The van der Waals surface area contributed by atoms with Crippen LogP contribution in [-0.2, 0) is 10.9 Å². The van der Waals surface area contributed by atoms with Gasteiger partial charge >= 0.3 is 6.18 Å². The van der Waals surface area contributed by atoms with Crippen molar-refractivity contribution in [3.63, 3.8) is 0 Å². The molecular formula is C20H17F3N2O2. The van der Waals surface area contributed by atoms with Crippen LogP contribution in [-0.4, -0.2) is 22.7 Å². The first-order chi connectivity index (χ1) is 13.0. The maximum absolute atomic E-state index is 13.0. The highest BCUT2D eigenvalue weighted by molar-refractivity contribution is 5.97. The Labute approximate surface area is 153 Å². The maximum atomic E-state index is 13.0. The lowest BCUT2D eigenvalue weighted by Crippen LogP contribution is -2.19. The van der Waals surface area contributed by atoms with Crippen LogP contribution in [0.5, 0.6) is 0 Å². The Morgan fingerprint density at radius 2 is 1.93 bits per heavy atom. The molecule has 1 aliphatic heterocycles. The van der Waals surface area contributed by atoms with Gasteiger partial charge in [-0.1, -0.05) is 18.2 Å². The van der Waals surface area contributed by atoms with Crippen molar-refractivity contribution >= 4 is 17.2 Å². The monoisotopic (exact) mass is 374 g/mol. The Bertz CT molecular complexity index is 989. The zero-order chi connectivity index (χ0) is 19.0. The number of nitrogens with zero attached hydrogens (tertiary/aromatic N) is 2. The minimum Gasteiger partial charge on any atom is -0.356 e. The molecule has 0 bridgehead atoms. The maximum Gasteiger partial charge on any atom is 0.416 e. The van der Waals surface area contributed by atoms with Crippen LogP contribution in [0.1, 0.15) is 41.5 Å². The molecule has 1 atom stereocenters. The molecule has 1 aliphatic rings. The van der Waals surface area contributed by atoms with Gasteiger partial charge in [0.05, 0.1) is 11.1 Å². The lowest BCUT2D eigenvalue weighted by Gasteiger charge is -2.23. The summed E-state index contributed by atoms with van der Waals surface area (Å²) in [4.78, 5) is 11.5. The lowest BCUT2D eigenvalue weighted by atomic mass is 10.0. The Hall–Kier alpha value is -2.67. The molecule has 0 N–H and O–H groups in total. The predicted octanol–water partition coefficient (Wildman–Crippen LogP) is 5.23. The summed E-state index contributed by atoms with van der Waals surface area (Å²) >= 11 is 0. The van der Waals surface area contributed by atoms with Gasteiger partial charge in [0.1, 0.15) is 5.69 Å². The van der Waals surface area contributed by atoms with Gasteiger partial charge in [0.25, 0.3) is 0 Å². The second-order valence-corrected chi connectivity index (χ2v) is 6.58. The van der Waals surface area contributed by atoms with Gasteiger partial charge < -0.3 is 4.74 Å². The van der Waals surface area contributed by atoms with E-state index in [4.69, 9.17) is 4.74 Å². The van der Waals surface area contributed by atoms with Crippen LogP contribution in [0, 0.1) is 0 Å². The largest absolute Gasteiger partial charge is 0.416 e. The van der Waals surface area contributed by atoms with Crippen molar-refractivity contribution in [3.8, 4) is 11.1 Å². The van der Waals surface area contributed by atoms with E-state index in [1.165, 1.54) is 6.07 Å². The average molecular weight is 374 g/mol. The van der Waals surface area contributed by atoms with Gasteiger partial charge in [0.15, 0.2) is 12.5 Å². The smallest absolute Gasteiger partial charge is 0.356 e. The highest BCUT2D eigenvalue weighted by Crippen LogP contribution is 2.34. The highest BCUT2D eigenvalue weighted by atomic mass is 19.4. The van der Waals surface area contributed by atoms with Crippen LogP contribution in [0.15, 0.2) is 42.5 Å². The molecular weight excluding hydrogens is 357 g/mol. The third-order valence-electron chi connectivity index (χ3n) is 4.80. The summed E-state index contributed by atoms with van der Waals surface area (Å²) in [5, 5.41) is 4.97. The van der Waals surface area contributed by atoms with Crippen LogP contribution in [0.25, 0.3) is 22.0 Å². The Balaban J connectivity index is 1.80. The Kier molecular flexibility index (Phi) is 4.47. The minimum atomic E-state index is -4.41. The molecule has 3 aromatic rings. The Morgan fingerprint density at radius 1 is 1.11 bits per heavy atom. The third-order valence-corrected chi connectivity index (χ3v) is 4.80. The van der Waals surface area contributed by atoms with Gasteiger partial charge in [-0.2, -0.15) is 18.3 Å². The fraction of sp³-hybridized carbons (Fsp3) is 0.300. The average Bonchev–Trinajstić information content (AvgIpc) is 3.06. The molecule has 0 spiro atoms. The van der Waals surface area contributed by atoms with Crippen LogP contribution < -0.4 is 0 Å². The summed E-state index contributed by atoms with van der Waals surface area (Å²) in [6.07, 6.45) is -1.14. The lowest BCUT2D eigenvalue weighted by molar-refractivity contribution is -0.137. The molecule has 0 aliphatic carbocycles. The SMILES string of the molecule is O=Cc1nn(C2CCCCO2)c2ccc(-c3cccc(C(F)(F)F)c3)cc12. The summed E-state index contributed by atoms with van der Waals surface area (Å²) in [6, 6.07) is 10.4. The number of fused-ring (bicyclic) bond motifs is 1. The number of alkyl halides is 3. The highest BCUT2D eigenvalue weighted by Gasteiger charge is 2.30. The van der Waals surface area contributed by atoms with Crippen molar-refractivity contribution in [2.75, 3.05) is 6.61 Å². The van der Waals surface area contributed by atoms with Gasteiger partial charge in [-0.3, -0.25) is 4.79 Å². The number of carbonyl (C=O) groups excluding carboxylic acids is 1. The second kappa shape index (κ2) is 6.81. The summed E-state index contributed by atoms with van der Waals surface area (Å²) in [5.41, 5.74) is 1.32. The summed E-state index contributed by atoms with van der Waals surface area (Å²) < 4.78 is 46.4. The van der Waals surface area contributed by atoms with E-state index in [-0.39, 0.29) is 11.9 Å².